The molecule has 0 bridgehead atoms. The van der Waals surface area contributed by atoms with Crippen molar-refractivity contribution in [2.45, 2.75) is 11.4 Å². The summed E-state index contributed by atoms with van der Waals surface area (Å²) < 4.78 is 12.4. The summed E-state index contributed by atoms with van der Waals surface area (Å²) in [4.78, 5) is 15.3. The van der Waals surface area contributed by atoms with Gasteiger partial charge in [-0.1, -0.05) is 39.8 Å². The molecule has 10 heteroatoms. The number of carbonyl (C=O) groups is 1. The maximum absolute atomic E-state index is 10.8. The van der Waals surface area contributed by atoms with Gasteiger partial charge in [-0.25, -0.2) is 0 Å². The highest BCUT2D eigenvalue weighted by Gasteiger charge is 2.28. The van der Waals surface area contributed by atoms with E-state index in [1.807, 2.05) is 30.5 Å². The van der Waals surface area contributed by atoms with Gasteiger partial charge in [-0.05, 0) is 36.6 Å². The molecule has 29 heavy (non-hydrogen) atoms. The molecule has 2 heterocycles. The van der Waals surface area contributed by atoms with E-state index in [0.717, 1.165) is 15.7 Å². The molecule has 8 nitrogen and oxygen atoms in total. The summed E-state index contributed by atoms with van der Waals surface area (Å²) in [6.45, 7) is -0.565. The summed E-state index contributed by atoms with van der Waals surface area (Å²) in [6, 6.07) is 12.7. The minimum atomic E-state index is -1.31. The number of aliphatic carboxylic acids is 1. The quantitative estimate of drug-likeness (QED) is 0.558. The molecule has 0 saturated carbocycles. The Morgan fingerprint density at radius 1 is 1.31 bits per heavy atom. The van der Waals surface area contributed by atoms with Gasteiger partial charge in [0.15, 0.2) is 5.69 Å². The topological polar surface area (TPSA) is 109 Å². The fourth-order valence-corrected chi connectivity index (χ4v) is 3.52. The van der Waals surface area contributed by atoms with Crippen LogP contribution in [0.5, 0.6) is 11.6 Å². The van der Waals surface area contributed by atoms with Crippen LogP contribution < -0.4 is 19.9 Å². The Balaban J connectivity index is 1.81. The third-order valence-corrected chi connectivity index (χ3v) is 5.15. The molecule has 0 spiro atoms. The van der Waals surface area contributed by atoms with E-state index in [-0.39, 0.29) is 0 Å². The summed E-state index contributed by atoms with van der Waals surface area (Å²) in [5, 5.41) is 23.1. The number of fused-ring (bicyclic) bond motifs is 3. The molecule has 0 saturated heterocycles. The predicted molar refractivity (Wildman–Crippen MR) is 109 cm³/mol. The first-order valence-corrected chi connectivity index (χ1v) is 10.5. The second-order valence-electron chi connectivity index (χ2n) is 5.98. The van der Waals surface area contributed by atoms with Crippen LogP contribution in [0.25, 0.3) is 11.3 Å². The van der Waals surface area contributed by atoms with Crippen LogP contribution in [0, 0.1) is 0 Å². The number of carboxylic acid groups (broad SMARTS) is 1. The number of para-hydroxylation sites is 1. The normalized spacial score (nSPS) is 14.6. The van der Waals surface area contributed by atoms with Crippen LogP contribution in [0.3, 0.4) is 0 Å². The van der Waals surface area contributed by atoms with E-state index >= 15 is 0 Å². The average molecular weight is 474 g/mol. The largest absolute Gasteiger partial charge is 0.546 e. The van der Waals surface area contributed by atoms with E-state index in [0.29, 0.717) is 28.0 Å². The van der Waals surface area contributed by atoms with Crippen molar-refractivity contribution in [2.75, 3.05) is 18.2 Å². The molecule has 1 atom stereocenters. The third-order valence-electron chi connectivity index (χ3n) is 4.12. The molecule has 1 N–H and O–H groups in total. The number of hydrogen-bond acceptors (Lipinski definition) is 9. The maximum Gasteiger partial charge on any atom is 0.247 e. The smallest absolute Gasteiger partial charge is 0.247 e. The molecule has 1 aliphatic rings. The Hall–Kier alpha value is -2.85. The van der Waals surface area contributed by atoms with Crippen LogP contribution in [0.15, 0.2) is 52.1 Å². The summed E-state index contributed by atoms with van der Waals surface area (Å²) in [5.41, 5.74) is 2.65. The Labute approximate surface area is 178 Å². The van der Waals surface area contributed by atoms with Gasteiger partial charge in [0.05, 0.1) is 11.5 Å². The van der Waals surface area contributed by atoms with Crippen LogP contribution >= 0.6 is 27.7 Å². The second-order valence-corrected chi connectivity index (χ2v) is 7.67. The summed E-state index contributed by atoms with van der Waals surface area (Å²) in [6.07, 6.45) is 1.16. The first-order chi connectivity index (χ1) is 14.0. The van der Waals surface area contributed by atoms with Crippen molar-refractivity contribution in [1.82, 2.24) is 15.2 Å². The van der Waals surface area contributed by atoms with Crippen molar-refractivity contribution in [2.24, 2.45) is 0 Å². The Bertz CT molecular complexity index is 1080. The molecule has 3 aromatic rings. The van der Waals surface area contributed by atoms with E-state index in [1.54, 1.807) is 18.2 Å². The van der Waals surface area contributed by atoms with Crippen molar-refractivity contribution in [1.29, 1.82) is 0 Å². The van der Waals surface area contributed by atoms with Crippen molar-refractivity contribution < 1.29 is 19.4 Å². The number of carboxylic acids is 1. The van der Waals surface area contributed by atoms with E-state index in [2.05, 4.69) is 36.4 Å². The lowest BCUT2D eigenvalue weighted by molar-refractivity contribution is -0.307. The second kappa shape index (κ2) is 8.26. The lowest BCUT2D eigenvalue weighted by Crippen LogP contribution is -2.29. The number of nitrogens with zero attached hydrogens (tertiary/aromatic N) is 3. The van der Waals surface area contributed by atoms with Crippen molar-refractivity contribution in [3.63, 3.8) is 0 Å². The summed E-state index contributed by atoms with van der Waals surface area (Å²) >= 11 is 4.83. The molecular weight excluding hydrogens is 460 g/mol. The van der Waals surface area contributed by atoms with Gasteiger partial charge in [0, 0.05) is 15.7 Å². The van der Waals surface area contributed by atoms with Gasteiger partial charge in [0.25, 0.3) is 0 Å². The molecule has 0 amide bonds. The van der Waals surface area contributed by atoms with Crippen LogP contribution in [-0.2, 0) is 4.79 Å². The third kappa shape index (κ3) is 4.13. The molecule has 0 fully saturated rings. The van der Waals surface area contributed by atoms with Crippen molar-refractivity contribution in [3.8, 4) is 22.9 Å². The zero-order chi connectivity index (χ0) is 20.4. The first-order valence-electron chi connectivity index (χ1n) is 8.48. The van der Waals surface area contributed by atoms with Gasteiger partial charge in [-0.2, -0.15) is 4.98 Å². The SMILES string of the molecule is CSc1nnc2c(n1)O[C@H](c1ccccc1OCC(=O)[O-])Nc1ccc(Br)cc1-2. The number of ether oxygens (including phenoxy) is 2. The Morgan fingerprint density at radius 2 is 2.14 bits per heavy atom. The number of thioether (sulfide) groups is 1. The number of halogens is 1. The number of aromatic nitrogens is 3. The van der Waals surface area contributed by atoms with Crippen LogP contribution in [0.2, 0.25) is 0 Å². The molecule has 0 aliphatic carbocycles. The van der Waals surface area contributed by atoms with Crippen LogP contribution in [-0.4, -0.2) is 34.0 Å². The Kier molecular flexibility index (Phi) is 5.54. The van der Waals surface area contributed by atoms with Crippen LogP contribution in [0.1, 0.15) is 11.8 Å². The molecule has 2 aromatic carbocycles. The first kappa shape index (κ1) is 19.5. The fraction of sp³-hybridized carbons (Fsp3) is 0.158. The lowest BCUT2D eigenvalue weighted by Gasteiger charge is -2.22. The van der Waals surface area contributed by atoms with Crippen molar-refractivity contribution in [3.05, 3.63) is 52.5 Å². The molecular formula is C19H14BrN4O4S-. The zero-order valence-electron chi connectivity index (χ0n) is 15.1. The van der Waals surface area contributed by atoms with Crippen molar-refractivity contribution >= 4 is 39.3 Å². The highest BCUT2D eigenvalue weighted by molar-refractivity contribution is 9.10. The maximum atomic E-state index is 10.8. The minimum Gasteiger partial charge on any atom is -0.546 e. The van der Waals surface area contributed by atoms with Gasteiger partial charge in [0.1, 0.15) is 12.4 Å². The van der Waals surface area contributed by atoms with Gasteiger partial charge in [-0.15, -0.1) is 10.2 Å². The van der Waals surface area contributed by atoms with E-state index < -0.39 is 18.8 Å². The molecule has 0 radical (unpaired) electrons. The number of carbonyl (C=O) groups excluding carboxylic acids is 1. The number of rotatable bonds is 5. The van der Waals surface area contributed by atoms with Gasteiger partial charge in [-0.3, -0.25) is 0 Å². The van der Waals surface area contributed by atoms with Gasteiger partial charge in [0.2, 0.25) is 17.3 Å². The molecule has 1 aliphatic heterocycles. The number of anilines is 1. The predicted octanol–water partition coefficient (Wildman–Crippen LogP) is 2.65. The highest BCUT2D eigenvalue weighted by Crippen LogP contribution is 2.42. The zero-order valence-corrected chi connectivity index (χ0v) is 17.5. The lowest BCUT2D eigenvalue weighted by atomic mass is 10.1. The summed E-state index contributed by atoms with van der Waals surface area (Å²) in [5.74, 6) is -0.631. The van der Waals surface area contributed by atoms with Crippen LogP contribution in [0.4, 0.5) is 5.69 Å². The number of nitrogens with one attached hydrogen (secondary N) is 1. The van der Waals surface area contributed by atoms with E-state index in [9.17, 15) is 9.90 Å². The molecule has 1 aromatic heterocycles. The molecule has 0 unspecified atom stereocenters. The van der Waals surface area contributed by atoms with Gasteiger partial charge >= 0.3 is 0 Å². The number of benzene rings is 2. The van der Waals surface area contributed by atoms with Gasteiger partial charge < -0.3 is 24.7 Å². The fourth-order valence-electron chi connectivity index (χ4n) is 2.86. The van der Waals surface area contributed by atoms with E-state index in [1.165, 1.54) is 11.8 Å². The average Bonchev–Trinajstić information content (AvgIpc) is 2.88. The standard InChI is InChI=1S/C19H15BrN4O4S/c1-29-19-22-18-16(23-24-19)12-8-10(20)6-7-13(12)21-17(28-18)11-4-2-3-5-14(11)27-9-15(25)26/h2-8,17,21H,9H2,1H3,(H,25,26)/p-1/t17-/m1/s1. The minimum absolute atomic E-state index is 0.313. The monoisotopic (exact) mass is 473 g/mol. The summed E-state index contributed by atoms with van der Waals surface area (Å²) in [7, 11) is 0. The van der Waals surface area contributed by atoms with E-state index in [4.69, 9.17) is 9.47 Å². The highest BCUT2D eigenvalue weighted by atomic mass is 79.9. The number of hydrogen-bond donors (Lipinski definition) is 1. The molecule has 4 rings (SSSR count). The Morgan fingerprint density at radius 3 is 2.93 bits per heavy atom. The molecule has 148 valence electrons.